The molecule has 7 nitrogen and oxygen atoms in total. The summed E-state index contributed by atoms with van der Waals surface area (Å²) in [5.41, 5.74) is 2.45. The number of aromatic nitrogens is 2. The van der Waals surface area contributed by atoms with Crippen LogP contribution in [-0.4, -0.2) is 82.1 Å². The molecule has 2 fully saturated rings. The normalized spacial score (nSPS) is 18.1. The van der Waals surface area contributed by atoms with Crippen molar-refractivity contribution in [3.05, 3.63) is 47.8 Å². The van der Waals surface area contributed by atoms with Gasteiger partial charge in [-0.25, -0.2) is 4.68 Å². The second-order valence-electron chi connectivity index (χ2n) is 7.90. The van der Waals surface area contributed by atoms with Crippen molar-refractivity contribution in [2.45, 2.75) is 26.2 Å². The number of hydrogen-bond acceptors (Lipinski definition) is 4. The van der Waals surface area contributed by atoms with Crippen molar-refractivity contribution < 1.29 is 9.59 Å². The quantitative estimate of drug-likeness (QED) is 0.794. The number of piperidine rings is 1. The summed E-state index contributed by atoms with van der Waals surface area (Å²) in [6.07, 6.45) is 5.12. The molecule has 1 aromatic carbocycles. The zero-order chi connectivity index (χ0) is 20.2. The lowest BCUT2D eigenvalue weighted by molar-refractivity contribution is -0.133. The number of rotatable bonds is 4. The molecule has 4 rings (SSSR count). The first-order valence-electron chi connectivity index (χ1n) is 10.5. The van der Waals surface area contributed by atoms with E-state index in [9.17, 15) is 9.59 Å². The van der Waals surface area contributed by atoms with E-state index in [2.05, 4.69) is 10.00 Å². The van der Waals surface area contributed by atoms with Gasteiger partial charge in [-0.2, -0.15) is 5.10 Å². The lowest BCUT2D eigenvalue weighted by Crippen LogP contribution is -2.52. The van der Waals surface area contributed by atoms with Crippen molar-refractivity contribution in [1.29, 1.82) is 0 Å². The van der Waals surface area contributed by atoms with Crippen molar-refractivity contribution in [2.24, 2.45) is 0 Å². The third kappa shape index (κ3) is 4.34. The molecule has 154 valence electrons. The number of benzene rings is 1. The molecule has 0 aliphatic carbocycles. The molecule has 2 saturated heterocycles. The van der Waals surface area contributed by atoms with Gasteiger partial charge in [0.05, 0.1) is 29.7 Å². The minimum atomic E-state index is 0.0201. The Hall–Kier alpha value is -2.67. The number of hydrogen-bond donors (Lipinski definition) is 0. The minimum Gasteiger partial charge on any atom is -0.342 e. The van der Waals surface area contributed by atoms with E-state index < -0.39 is 0 Å². The monoisotopic (exact) mass is 395 g/mol. The van der Waals surface area contributed by atoms with Gasteiger partial charge in [-0.15, -0.1) is 0 Å². The van der Waals surface area contributed by atoms with E-state index in [1.54, 1.807) is 10.9 Å². The molecule has 0 N–H and O–H groups in total. The molecule has 0 unspecified atom stereocenters. The highest BCUT2D eigenvalue weighted by Crippen LogP contribution is 2.17. The standard InChI is InChI=1S/C22H29N5O2/c1-18-20(16-23-27(18)19-8-4-2-5-9-19)22(29)26-14-12-24(13-15-26)17-21(28)25-10-6-3-7-11-25/h2,4-5,8-9,16H,3,6-7,10-15,17H2,1H3. The van der Waals surface area contributed by atoms with Crippen LogP contribution in [0.5, 0.6) is 0 Å². The number of carbonyl (C=O) groups is 2. The van der Waals surface area contributed by atoms with Gasteiger partial charge in [0.2, 0.25) is 5.91 Å². The van der Waals surface area contributed by atoms with Crippen LogP contribution in [0.3, 0.4) is 0 Å². The summed E-state index contributed by atoms with van der Waals surface area (Å²) in [6.45, 7) is 6.93. The predicted octanol–water partition coefficient (Wildman–Crippen LogP) is 1.95. The van der Waals surface area contributed by atoms with E-state index in [-0.39, 0.29) is 11.8 Å². The number of carbonyl (C=O) groups excluding carboxylic acids is 2. The van der Waals surface area contributed by atoms with Crippen LogP contribution >= 0.6 is 0 Å². The summed E-state index contributed by atoms with van der Waals surface area (Å²) in [7, 11) is 0. The third-order valence-corrected chi connectivity index (χ3v) is 5.97. The van der Waals surface area contributed by atoms with Gasteiger partial charge in [0, 0.05) is 39.3 Å². The highest BCUT2D eigenvalue weighted by Gasteiger charge is 2.27. The first-order chi connectivity index (χ1) is 14.1. The zero-order valence-corrected chi connectivity index (χ0v) is 17.1. The highest BCUT2D eigenvalue weighted by molar-refractivity contribution is 5.95. The number of nitrogens with zero attached hydrogens (tertiary/aromatic N) is 5. The molecule has 0 spiro atoms. The molecule has 0 bridgehead atoms. The van der Waals surface area contributed by atoms with Crippen LogP contribution in [0.4, 0.5) is 0 Å². The van der Waals surface area contributed by atoms with Crippen molar-refractivity contribution in [2.75, 3.05) is 45.8 Å². The van der Waals surface area contributed by atoms with Crippen molar-refractivity contribution in [3.63, 3.8) is 0 Å². The molecule has 0 atom stereocenters. The molecule has 2 aliphatic rings. The Bertz CT molecular complexity index is 849. The first kappa shape index (κ1) is 19.6. The fourth-order valence-electron chi connectivity index (χ4n) is 4.16. The summed E-state index contributed by atoms with van der Waals surface area (Å²) in [4.78, 5) is 31.5. The predicted molar refractivity (Wildman–Crippen MR) is 111 cm³/mol. The Morgan fingerprint density at radius 1 is 0.897 bits per heavy atom. The Labute approximate surface area is 171 Å². The number of piperazine rings is 1. The van der Waals surface area contributed by atoms with E-state index in [0.717, 1.165) is 50.4 Å². The molecule has 2 aromatic rings. The summed E-state index contributed by atoms with van der Waals surface area (Å²) in [5, 5.41) is 4.42. The van der Waals surface area contributed by atoms with Gasteiger partial charge in [0.1, 0.15) is 0 Å². The summed E-state index contributed by atoms with van der Waals surface area (Å²) in [6, 6.07) is 9.84. The average Bonchev–Trinajstić information content (AvgIpc) is 3.16. The fourth-order valence-corrected chi connectivity index (χ4v) is 4.16. The van der Waals surface area contributed by atoms with E-state index in [0.29, 0.717) is 25.2 Å². The summed E-state index contributed by atoms with van der Waals surface area (Å²) >= 11 is 0. The Morgan fingerprint density at radius 3 is 2.28 bits per heavy atom. The molecule has 2 amide bonds. The Morgan fingerprint density at radius 2 is 1.59 bits per heavy atom. The van der Waals surface area contributed by atoms with Gasteiger partial charge in [0.15, 0.2) is 0 Å². The van der Waals surface area contributed by atoms with Crippen LogP contribution in [0.15, 0.2) is 36.5 Å². The van der Waals surface area contributed by atoms with Gasteiger partial charge in [-0.05, 0) is 38.3 Å². The van der Waals surface area contributed by atoms with Crippen LogP contribution in [0.2, 0.25) is 0 Å². The van der Waals surface area contributed by atoms with Gasteiger partial charge in [0.25, 0.3) is 5.91 Å². The van der Waals surface area contributed by atoms with Crippen LogP contribution in [0, 0.1) is 6.92 Å². The first-order valence-corrected chi connectivity index (χ1v) is 10.5. The summed E-state index contributed by atoms with van der Waals surface area (Å²) < 4.78 is 1.81. The Balaban J connectivity index is 1.33. The molecular weight excluding hydrogens is 366 g/mol. The number of para-hydroxylation sites is 1. The maximum Gasteiger partial charge on any atom is 0.257 e. The van der Waals surface area contributed by atoms with Crippen LogP contribution < -0.4 is 0 Å². The largest absolute Gasteiger partial charge is 0.342 e. The average molecular weight is 396 g/mol. The summed E-state index contributed by atoms with van der Waals surface area (Å²) in [5.74, 6) is 0.246. The van der Waals surface area contributed by atoms with Crippen molar-refractivity contribution >= 4 is 11.8 Å². The Kier molecular flexibility index (Phi) is 5.94. The molecule has 2 aliphatic heterocycles. The van der Waals surface area contributed by atoms with Crippen molar-refractivity contribution in [1.82, 2.24) is 24.5 Å². The number of amides is 2. The van der Waals surface area contributed by atoms with Gasteiger partial charge in [-0.1, -0.05) is 18.2 Å². The van der Waals surface area contributed by atoms with E-state index >= 15 is 0 Å². The molecule has 7 heteroatoms. The van der Waals surface area contributed by atoms with Gasteiger partial charge >= 0.3 is 0 Å². The van der Waals surface area contributed by atoms with E-state index in [4.69, 9.17) is 0 Å². The van der Waals surface area contributed by atoms with Crippen LogP contribution in [0.1, 0.15) is 35.3 Å². The zero-order valence-electron chi connectivity index (χ0n) is 17.1. The second-order valence-corrected chi connectivity index (χ2v) is 7.90. The molecular formula is C22H29N5O2. The maximum atomic E-state index is 13.0. The highest BCUT2D eigenvalue weighted by atomic mass is 16.2. The molecule has 3 heterocycles. The fraction of sp³-hybridized carbons (Fsp3) is 0.500. The second kappa shape index (κ2) is 8.78. The minimum absolute atomic E-state index is 0.0201. The van der Waals surface area contributed by atoms with Crippen LogP contribution in [-0.2, 0) is 4.79 Å². The third-order valence-electron chi connectivity index (χ3n) is 5.97. The molecule has 0 radical (unpaired) electrons. The van der Waals surface area contributed by atoms with E-state index in [1.807, 2.05) is 47.1 Å². The lowest BCUT2D eigenvalue weighted by atomic mass is 10.1. The van der Waals surface area contributed by atoms with E-state index in [1.165, 1.54) is 6.42 Å². The molecule has 29 heavy (non-hydrogen) atoms. The topological polar surface area (TPSA) is 61.7 Å². The van der Waals surface area contributed by atoms with Gasteiger partial charge in [-0.3, -0.25) is 14.5 Å². The lowest BCUT2D eigenvalue weighted by Gasteiger charge is -2.36. The van der Waals surface area contributed by atoms with Gasteiger partial charge < -0.3 is 9.80 Å². The molecule has 0 saturated carbocycles. The van der Waals surface area contributed by atoms with Crippen LogP contribution in [0.25, 0.3) is 5.69 Å². The smallest absolute Gasteiger partial charge is 0.257 e. The van der Waals surface area contributed by atoms with Crippen molar-refractivity contribution in [3.8, 4) is 5.69 Å². The number of likely N-dealkylation sites (tertiary alicyclic amines) is 1. The SMILES string of the molecule is Cc1c(C(=O)N2CCN(CC(=O)N3CCCCC3)CC2)cnn1-c1ccccc1. The molecule has 1 aromatic heterocycles. The maximum absolute atomic E-state index is 13.0.